The van der Waals surface area contributed by atoms with Crippen LogP contribution in [0.15, 0.2) is 23.2 Å². The highest BCUT2D eigenvalue weighted by Crippen LogP contribution is 2.20. The van der Waals surface area contributed by atoms with Crippen molar-refractivity contribution in [3.8, 4) is 0 Å². The average molecular weight is 298 g/mol. The molecule has 1 atom stereocenters. The molecule has 0 radical (unpaired) electrons. The van der Waals surface area contributed by atoms with E-state index in [1.807, 2.05) is 0 Å². The lowest BCUT2D eigenvalue weighted by Crippen LogP contribution is -2.41. The Balaban J connectivity index is 2.11. The van der Waals surface area contributed by atoms with E-state index in [4.69, 9.17) is 5.73 Å². The number of sulfonamides is 1. The van der Waals surface area contributed by atoms with Gasteiger partial charge in [0, 0.05) is 25.8 Å². The van der Waals surface area contributed by atoms with E-state index in [0.717, 1.165) is 25.9 Å². The van der Waals surface area contributed by atoms with Gasteiger partial charge < -0.3 is 5.73 Å². The first-order valence-electron chi connectivity index (χ1n) is 6.87. The summed E-state index contributed by atoms with van der Waals surface area (Å²) in [7, 11) is -1.86. The van der Waals surface area contributed by atoms with Crippen molar-refractivity contribution in [1.29, 1.82) is 0 Å². The number of aromatic nitrogens is 1. The first-order chi connectivity index (χ1) is 9.45. The molecule has 6 nitrogen and oxygen atoms in total. The Morgan fingerprint density at radius 1 is 1.50 bits per heavy atom. The maximum atomic E-state index is 12.5. The Bertz CT molecular complexity index is 544. The minimum absolute atomic E-state index is 0.190. The fraction of sp³-hybridized carbons (Fsp3) is 0.615. The van der Waals surface area contributed by atoms with Gasteiger partial charge in [-0.1, -0.05) is 6.92 Å². The van der Waals surface area contributed by atoms with E-state index in [1.54, 1.807) is 7.05 Å². The summed E-state index contributed by atoms with van der Waals surface area (Å²) in [5.74, 6) is 0.319. The number of nitrogens with two attached hydrogens (primary N) is 1. The van der Waals surface area contributed by atoms with Crippen molar-refractivity contribution in [3.63, 3.8) is 0 Å². The molecule has 0 saturated carbocycles. The molecule has 2 rings (SSSR count). The second-order valence-corrected chi connectivity index (χ2v) is 7.17. The quantitative estimate of drug-likeness (QED) is 0.868. The zero-order chi connectivity index (χ0) is 14.8. The van der Waals surface area contributed by atoms with Crippen LogP contribution in [0.4, 0.5) is 5.82 Å². The van der Waals surface area contributed by atoms with Crippen LogP contribution in [0, 0.1) is 0 Å². The molecule has 1 unspecified atom stereocenters. The molecule has 0 spiro atoms. The molecule has 7 heteroatoms. The molecule has 1 aliphatic rings. The summed E-state index contributed by atoms with van der Waals surface area (Å²) in [5.41, 5.74) is 5.49. The number of likely N-dealkylation sites (tertiary alicyclic amines) is 1. The molecule has 0 amide bonds. The molecule has 20 heavy (non-hydrogen) atoms. The summed E-state index contributed by atoms with van der Waals surface area (Å²) >= 11 is 0. The molecule has 1 fully saturated rings. The summed E-state index contributed by atoms with van der Waals surface area (Å²) in [6, 6.07) is 3.32. The number of rotatable bonds is 5. The fourth-order valence-corrected chi connectivity index (χ4v) is 3.79. The number of likely N-dealkylation sites (N-methyl/N-ethyl adjacent to an activating group) is 2. The van der Waals surface area contributed by atoms with Gasteiger partial charge in [-0.2, -0.15) is 4.31 Å². The van der Waals surface area contributed by atoms with Crippen LogP contribution < -0.4 is 5.73 Å². The zero-order valence-corrected chi connectivity index (χ0v) is 12.8. The first-order valence-corrected chi connectivity index (χ1v) is 8.31. The highest BCUT2D eigenvalue weighted by Gasteiger charge is 2.29. The first kappa shape index (κ1) is 15.2. The largest absolute Gasteiger partial charge is 0.384 e. The van der Waals surface area contributed by atoms with E-state index in [0.29, 0.717) is 18.4 Å². The molecule has 112 valence electrons. The topological polar surface area (TPSA) is 79.5 Å². The monoisotopic (exact) mass is 298 g/mol. The summed E-state index contributed by atoms with van der Waals surface area (Å²) in [6.45, 7) is 4.64. The van der Waals surface area contributed by atoms with E-state index in [-0.39, 0.29) is 4.90 Å². The van der Waals surface area contributed by atoms with Crippen LogP contribution in [0.3, 0.4) is 0 Å². The van der Waals surface area contributed by atoms with E-state index in [2.05, 4.69) is 16.8 Å². The van der Waals surface area contributed by atoms with Crippen molar-refractivity contribution in [2.75, 3.05) is 32.4 Å². The van der Waals surface area contributed by atoms with Gasteiger partial charge in [-0.15, -0.1) is 0 Å². The van der Waals surface area contributed by atoms with Gasteiger partial charge in [0.15, 0.2) is 0 Å². The minimum atomic E-state index is -3.49. The van der Waals surface area contributed by atoms with E-state index < -0.39 is 10.0 Å². The fourth-order valence-electron chi connectivity index (χ4n) is 2.64. The van der Waals surface area contributed by atoms with Gasteiger partial charge in [0.25, 0.3) is 0 Å². The van der Waals surface area contributed by atoms with Crippen LogP contribution >= 0.6 is 0 Å². The molecule has 2 N–H and O–H groups in total. The maximum absolute atomic E-state index is 12.5. The number of hydrogen-bond donors (Lipinski definition) is 1. The standard InChI is InChI=1S/C13H22N4O2S/c1-3-17-8-4-5-11(17)10-16(2)20(18,19)12-6-7-13(14)15-9-12/h6-7,9,11H,3-5,8,10H2,1-2H3,(H2,14,15). The second-order valence-electron chi connectivity index (χ2n) is 5.13. The maximum Gasteiger partial charge on any atom is 0.244 e. The lowest BCUT2D eigenvalue weighted by molar-refractivity contribution is 0.237. The third-order valence-electron chi connectivity index (χ3n) is 3.84. The van der Waals surface area contributed by atoms with Gasteiger partial charge in [-0.25, -0.2) is 13.4 Å². The summed E-state index contributed by atoms with van der Waals surface area (Å²) < 4.78 is 26.3. The molecule has 1 saturated heterocycles. The van der Waals surface area contributed by atoms with Crippen molar-refractivity contribution in [2.24, 2.45) is 0 Å². The molecule has 1 aromatic heterocycles. The summed E-state index contributed by atoms with van der Waals surface area (Å²) in [6.07, 6.45) is 3.50. The van der Waals surface area contributed by atoms with Crippen molar-refractivity contribution in [1.82, 2.24) is 14.2 Å². The van der Waals surface area contributed by atoms with Crippen LogP contribution in [0.25, 0.3) is 0 Å². The summed E-state index contributed by atoms with van der Waals surface area (Å²) in [5, 5.41) is 0. The Labute approximate surface area is 120 Å². The van der Waals surface area contributed by atoms with Crippen LogP contribution in [0.1, 0.15) is 19.8 Å². The number of anilines is 1. The van der Waals surface area contributed by atoms with Gasteiger partial charge in [0.1, 0.15) is 10.7 Å². The molecule has 2 heterocycles. The van der Waals surface area contributed by atoms with Crippen LogP contribution in [-0.2, 0) is 10.0 Å². The lowest BCUT2D eigenvalue weighted by Gasteiger charge is -2.27. The molecular formula is C13H22N4O2S. The third kappa shape index (κ3) is 3.11. The van der Waals surface area contributed by atoms with Gasteiger partial charge >= 0.3 is 0 Å². The van der Waals surface area contributed by atoms with Crippen LogP contribution in [-0.4, -0.2) is 55.3 Å². The van der Waals surface area contributed by atoms with Crippen molar-refractivity contribution in [2.45, 2.75) is 30.7 Å². The van der Waals surface area contributed by atoms with Crippen molar-refractivity contribution >= 4 is 15.8 Å². The smallest absolute Gasteiger partial charge is 0.244 e. The third-order valence-corrected chi connectivity index (χ3v) is 5.65. The molecule has 0 bridgehead atoms. The van der Waals surface area contributed by atoms with E-state index in [1.165, 1.54) is 22.6 Å². The van der Waals surface area contributed by atoms with E-state index >= 15 is 0 Å². The predicted octanol–water partition coefficient (Wildman–Crippen LogP) is 0.769. The normalized spacial score (nSPS) is 20.6. The lowest BCUT2D eigenvalue weighted by atomic mass is 10.2. The molecule has 1 aromatic rings. The number of pyridine rings is 1. The summed E-state index contributed by atoms with van der Waals surface area (Å²) in [4.78, 5) is 6.37. The average Bonchev–Trinajstić information content (AvgIpc) is 2.86. The Morgan fingerprint density at radius 2 is 2.25 bits per heavy atom. The molecule has 0 aliphatic carbocycles. The number of nitrogens with zero attached hydrogens (tertiary/aromatic N) is 3. The van der Waals surface area contributed by atoms with E-state index in [9.17, 15) is 8.42 Å². The van der Waals surface area contributed by atoms with Crippen molar-refractivity contribution in [3.05, 3.63) is 18.3 Å². The van der Waals surface area contributed by atoms with Gasteiger partial charge in [0.2, 0.25) is 10.0 Å². The molecule has 1 aliphatic heterocycles. The van der Waals surface area contributed by atoms with Gasteiger partial charge in [0.05, 0.1) is 0 Å². The highest BCUT2D eigenvalue weighted by atomic mass is 32.2. The predicted molar refractivity (Wildman–Crippen MR) is 78.7 cm³/mol. The van der Waals surface area contributed by atoms with Crippen LogP contribution in [0.2, 0.25) is 0 Å². The van der Waals surface area contributed by atoms with Gasteiger partial charge in [-0.05, 0) is 38.1 Å². The number of nitrogen functional groups attached to an aromatic ring is 1. The Hall–Kier alpha value is -1.18. The Kier molecular flexibility index (Phi) is 4.62. The molecule has 0 aromatic carbocycles. The second kappa shape index (κ2) is 6.07. The Morgan fingerprint density at radius 3 is 2.85 bits per heavy atom. The van der Waals surface area contributed by atoms with Crippen molar-refractivity contribution < 1.29 is 8.42 Å². The SMILES string of the molecule is CCN1CCCC1CN(C)S(=O)(=O)c1ccc(N)nc1. The minimum Gasteiger partial charge on any atom is -0.384 e. The molecular weight excluding hydrogens is 276 g/mol. The highest BCUT2D eigenvalue weighted by molar-refractivity contribution is 7.89. The zero-order valence-electron chi connectivity index (χ0n) is 12.0. The van der Waals surface area contributed by atoms with Crippen LogP contribution in [0.5, 0.6) is 0 Å². The van der Waals surface area contributed by atoms with Gasteiger partial charge in [-0.3, -0.25) is 4.90 Å². The number of hydrogen-bond acceptors (Lipinski definition) is 5.